The molecule has 1 aliphatic rings. The number of oxazole rings is 1. The quantitative estimate of drug-likeness (QED) is 0.852. The topological polar surface area (TPSA) is 49.5 Å². The van der Waals surface area contributed by atoms with Crippen molar-refractivity contribution in [2.75, 3.05) is 26.2 Å². The molecule has 1 aliphatic heterocycles. The standard InChI is InChI=1S/C16H22N2O2/c19-11-4-3-9-18-10-5-6-13(12-18)16-17-14-7-1-2-8-15(14)20-16/h1-2,7-8,13,19H,3-6,9-12H2. The smallest absolute Gasteiger partial charge is 0.199 e. The summed E-state index contributed by atoms with van der Waals surface area (Å²) in [7, 11) is 0. The van der Waals surface area contributed by atoms with Crippen molar-refractivity contribution in [2.24, 2.45) is 0 Å². The zero-order valence-electron chi connectivity index (χ0n) is 11.8. The Balaban J connectivity index is 1.66. The van der Waals surface area contributed by atoms with Gasteiger partial charge in [-0.3, -0.25) is 0 Å². The normalized spacial score (nSPS) is 20.6. The summed E-state index contributed by atoms with van der Waals surface area (Å²) < 4.78 is 5.90. The van der Waals surface area contributed by atoms with Crippen LogP contribution in [-0.4, -0.2) is 41.2 Å². The average Bonchev–Trinajstić information content (AvgIpc) is 2.92. The Morgan fingerprint density at radius 2 is 2.20 bits per heavy atom. The summed E-state index contributed by atoms with van der Waals surface area (Å²) in [6.07, 6.45) is 4.31. The molecule has 1 saturated heterocycles. The zero-order chi connectivity index (χ0) is 13.8. The highest BCUT2D eigenvalue weighted by Gasteiger charge is 2.24. The average molecular weight is 274 g/mol. The number of para-hydroxylation sites is 2. The number of fused-ring (bicyclic) bond motifs is 1. The monoisotopic (exact) mass is 274 g/mol. The second-order valence-corrected chi connectivity index (χ2v) is 5.59. The van der Waals surface area contributed by atoms with Gasteiger partial charge < -0.3 is 14.4 Å². The van der Waals surface area contributed by atoms with Gasteiger partial charge in [-0.1, -0.05) is 12.1 Å². The van der Waals surface area contributed by atoms with Crippen molar-refractivity contribution >= 4 is 11.1 Å². The first-order chi connectivity index (χ1) is 9.86. The summed E-state index contributed by atoms with van der Waals surface area (Å²) in [5.41, 5.74) is 1.85. The molecule has 3 rings (SSSR count). The van der Waals surface area contributed by atoms with Crippen LogP contribution in [0.5, 0.6) is 0 Å². The lowest BCUT2D eigenvalue weighted by Crippen LogP contribution is -2.35. The minimum Gasteiger partial charge on any atom is -0.440 e. The fourth-order valence-corrected chi connectivity index (χ4v) is 2.97. The predicted molar refractivity (Wildman–Crippen MR) is 78.7 cm³/mol. The maximum absolute atomic E-state index is 8.86. The van der Waals surface area contributed by atoms with Crippen molar-refractivity contribution in [2.45, 2.75) is 31.6 Å². The summed E-state index contributed by atoms with van der Waals surface area (Å²) in [4.78, 5) is 7.10. The lowest BCUT2D eigenvalue weighted by atomic mass is 9.98. The van der Waals surface area contributed by atoms with Crippen LogP contribution in [0.3, 0.4) is 0 Å². The van der Waals surface area contributed by atoms with Gasteiger partial charge in [0.1, 0.15) is 5.52 Å². The van der Waals surface area contributed by atoms with E-state index in [0.29, 0.717) is 12.5 Å². The van der Waals surface area contributed by atoms with Gasteiger partial charge in [0.2, 0.25) is 0 Å². The van der Waals surface area contributed by atoms with E-state index in [-0.39, 0.29) is 0 Å². The van der Waals surface area contributed by atoms with E-state index in [1.807, 2.05) is 24.3 Å². The molecule has 4 heteroatoms. The van der Waals surface area contributed by atoms with E-state index < -0.39 is 0 Å². The Labute approximate surface area is 119 Å². The van der Waals surface area contributed by atoms with Crippen LogP contribution < -0.4 is 0 Å². The highest BCUT2D eigenvalue weighted by Crippen LogP contribution is 2.28. The van der Waals surface area contributed by atoms with Crippen LogP contribution in [-0.2, 0) is 0 Å². The fraction of sp³-hybridized carbons (Fsp3) is 0.562. The minimum absolute atomic E-state index is 0.294. The van der Waals surface area contributed by atoms with E-state index >= 15 is 0 Å². The number of aliphatic hydroxyl groups excluding tert-OH is 1. The van der Waals surface area contributed by atoms with Gasteiger partial charge in [0.15, 0.2) is 11.5 Å². The number of likely N-dealkylation sites (tertiary alicyclic amines) is 1. The molecule has 1 aromatic heterocycles. The van der Waals surface area contributed by atoms with E-state index in [2.05, 4.69) is 9.88 Å². The van der Waals surface area contributed by atoms with Crippen molar-refractivity contribution < 1.29 is 9.52 Å². The summed E-state index contributed by atoms with van der Waals surface area (Å²) in [6.45, 7) is 3.54. The molecule has 1 N–H and O–H groups in total. The van der Waals surface area contributed by atoms with Gasteiger partial charge in [-0.25, -0.2) is 4.98 Å². The summed E-state index contributed by atoms with van der Waals surface area (Å²) in [5, 5.41) is 8.86. The van der Waals surface area contributed by atoms with Crippen molar-refractivity contribution in [3.05, 3.63) is 30.2 Å². The van der Waals surface area contributed by atoms with Crippen LogP contribution in [0.25, 0.3) is 11.1 Å². The van der Waals surface area contributed by atoms with Gasteiger partial charge >= 0.3 is 0 Å². The first-order valence-electron chi connectivity index (χ1n) is 7.55. The SMILES string of the molecule is OCCCCN1CCCC(c2nc3ccccc3o2)C1. The number of hydrogen-bond donors (Lipinski definition) is 1. The van der Waals surface area contributed by atoms with Crippen LogP contribution in [0, 0.1) is 0 Å². The second kappa shape index (κ2) is 6.37. The summed E-state index contributed by atoms with van der Waals surface area (Å²) >= 11 is 0. The number of rotatable bonds is 5. The third-order valence-corrected chi connectivity index (χ3v) is 4.05. The first-order valence-corrected chi connectivity index (χ1v) is 7.55. The van der Waals surface area contributed by atoms with Crippen LogP contribution in [0.1, 0.15) is 37.5 Å². The highest BCUT2D eigenvalue weighted by molar-refractivity contribution is 5.72. The number of unbranched alkanes of at least 4 members (excludes halogenated alkanes) is 1. The number of benzene rings is 1. The maximum Gasteiger partial charge on any atom is 0.199 e. The fourth-order valence-electron chi connectivity index (χ4n) is 2.97. The van der Waals surface area contributed by atoms with Crippen molar-refractivity contribution in [1.82, 2.24) is 9.88 Å². The number of aromatic nitrogens is 1. The molecule has 0 aliphatic carbocycles. The Hall–Kier alpha value is -1.39. The molecule has 108 valence electrons. The lowest BCUT2D eigenvalue weighted by Gasteiger charge is -2.31. The first kappa shape index (κ1) is 13.6. The Bertz CT molecular complexity index is 519. The highest BCUT2D eigenvalue weighted by atomic mass is 16.3. The maximum atomic E-state index is 8.86. The number of aliphatic hydroxyl groups is 1. The molecule has 1 unspecified atom stereocenters. The van der Waals surface area contributed by atoms with Crippen LogP contribution in [0.4, 0.5) is 0 Å². The van der Waals surface area contributed by atoms with E-state index in [0.717, 1.165) is 55.9 Å². The number of hydrogen-bond acceptors (Lipinski definition) is 4. The van der Waals surface area contributed by atoms with Gasteiger partial charge in [-0.05, 0) is 50.9 Å². The Kier molecular flexibility index (Phi) is 4.33. The molecule has 1 atom stereocenters. The predicted octanol–water partition coefficient (Wildman–Crippen LogP) is 2.78. The molecule has 2 aromatic rings. The lowest BCUT2D eigenvalue weighted by molar-refractivity contribution is 0.185. The molecule has 0 radical (unpaired) electrons. The van der Waals surface area contributed by atoms with Gasteiger partial charge in [0, 0.05) is 19.1 Å². The number of nitrogens with zero attached hydrogens (tertiary/aromatic N) is 2. The minimum atomic E-state index is 0.294. The van der Waals surface area contributed by atoms with Crippen molar-refractivity contribution in [3.63, 3.8) is 0 Å². The molecule has 0 spiro atoms. The van der Waals surface area contributed by atoms with E-state index in [1.54, 1.807) is 0 Å². The van der Waals surface area contributed by atoms with Crippen molar-refractivity contribution in [1.29, 1.82) is 0 Å². The summed E-state index contributed by atoms with van der Waals surface area (Å²) in [5.74, 6) is 1.29. The third kappa shape index (κ3) is 3.02. The molecule has 1 aromatic carbocycles. The van der Waals surface area contributed by atoms with Gasteiger partial charge in [0.05, 0.1) is 0 Å². The molecule has 1 fully saturated rings. The molecule has 4 nitrogen and oxygen atoms in total. The third-order valence-electron chi connectivity index (χ3n) is 4.05. The van der Waals surface area contributed by atoms with E-state index in [1.165, 1.54) is 6.42 Å². The largest absolute Gasteiger partial charge is 0.440 e. The molecule has 0 bridgehead atoms. The van der Waals surface area contributed by atoms with Crippen molar-refractivity contribution in [3.8, 4) is 0 Å². The van der Waals surface area contributed by atoms with Gasteiger partial charge in [0.25, 0.3) is 0 Å². The zero-order valence-corrected chi connectivity index (χ0v) is 11.8. The van der Waals surface area contributed by atoms with Gasteiger partial charge in [-0.2, -0.15) is 0 Å². The van der Waals surface area contributed by atoms with Gasteiger partial charge in [-0.15, -0.1) is 0 Å². The molecule has 0 amide bonds. The second-order valence-electron chi connectivity index (χ2n) is 5.59. The van der Waals surface area contributed by atoms with Crippen LogP contribution >= 0.6 is 0 Å². The van der Waals surface area contributed by atoms with E-state index in [9.17, 15) is 0 Å². The Morgan fingerprint density at radius 3 is 3.05 bits per heavy atom. The Morgan fingerprint density at radius 1 is 1.30 bits per heavy atom. The molecular weight excluding hydrogens is 252 g/mol. The molecule has 20 heavy (non-hydrogen) atoms. The molecule has 2 heterocycles. The number of piperidine rings is 1. The van der Waals surface area contributed by atoms with Crippen LogP contribution in [0.2, 0.25) is 0 Å². The van der Waals surface area contributed by atoms with E-state index in [4.69, 9.17) is 9.52 Å². The summed E-state index contributed by atoms with van der Waals surface area (Å²) in [6, 6.07) is 7.97. The molecular formula is C16H22N2O2. The molecule has 0 saturated carbocycles. The van der Waals surface area contributed by atoms with Crippen LogP contribution in [0.15, 0.2) is 28.7 Å².